The molecular weight excluding hydrogens is 340 g/mol. The second kappa shape index (κ2) is 8.12. The predicted molar refractivity (Wildman–Crippen MR) is 95.4 cm³/mol. The van der Waals surface area contributed by atoms with Gasteiger partial charge in [0.1, 0.15) is 18.2 Å². The van der Waals surface area contributed by atoms with Gasteiger partial charge in [-0.2, -0.15) is 4.98 Å². The number of imidazole rings is 1. The van der Waals surface area contributed by atoms with Crippen molar-refractivity contribution < 1.29 is 14.9 Å². The summed E-state index contributed by atoms with van der Waals surface area (Å²) in [4.78, 5) is 23.3. The van der Waals surface area contributed by atoms with E-state index in [2.05, 4.69) is 15.0 Å². The van der Waals surface area contributed by atoms with Crippen molar-refractivity contribution in [1.29, 1.82) is 0 Å². The first-order valence-electron chi connectivity index (χ1n) is 8.96. The Bertz CT molecular complexity index is 804. The van der Waals surface area contributed by atoms with Gasteiger partial charge in [-0.1, -0.05) is 12.8 Å². The molecule has 0 aliphatic carbocycles. The second-order valence-corrected chi connectivity index (χ2v) is 6.59. The maximum Gasteiger partial charge on any atom is 0.280 e. The molecule has 3 atom stereocenters. The molecule has 1 fully saturated rings. The van der Waals surface area contributed by atoms with Crippen LogP contribution in [-0.2, 0) is 11.2 Å². The first-order valence-corrected chi connectivity index (χ1v) is 8.96. The van der Waals surface area contributed by atoms with Crippen molar-refractivity contribution >= 4 is 17.1 Å². The number of hydrogen-bond donors (Lipinski definition) is 5. The Morgan fingerprint density at radius 3 is 2.73 bits per heavy atom. The largest absolute Gasteiger partial charge is 0.394 e. The molecule has 2 aromatic rings. The molecule has 1 aliphatic rings. The standard InChI is InChI=1S/C16H26N6O4/c17-6-4-2-1-3-5-11-19-13-14(20-16(18)21-15(13)25)22(11)12-7-9(24)10(8-23)26-12/h9-10,12,23-24H,1-8,17H2,(H3,18,20,21,25)/t9-,10+,12+/m0/s1. The molecule has 0 radical (unpaired) electrons. The van der Waals surface area contributed by atoms with E-state index in [1.807, 2.05) is 0 Å². The molecule has 0 saturated carbocycles. The van der Waals surface area contributed by atoms with Crippen LogP contribution in [0.2, 0.25) is 0 Å². The number of nitrogens with two attached hydrogens (primary N) is 2. The number of H-pyrrole nitrogens is 1. The number of unbranched alkanes of at least 4 members (excludes halogenated alkanes) is 3. The van der Waals surface area contributed by atoms with Gasteiger partial charge in [-0.15, -0.1) is 0 Å². The molecule has 26 heavy (non-hydrogen) atoms. The number of nitrogen functional groups attached to an aromatic ring is 1. The number of fused-ring (bicyclic) bond motifs is 1. The third-order valence-corrected chi connectivity index (χ3v) is 4.67. The van der Waals surface area contributed by atoms with Gasteiger partial charge < -0.3 is 26.4 Å². The zero-order valence-corrected chi connectivity index (χ0v) is 14.6. The van der Waals surface area contributed by atoms with Crippen molar-refractivity contribution in [3.8, 4) is 0 Å². The van der Waals surface area contributed by atoms with Gasteiger partial charge in [-0.05, 0) is 19.4 Å². The van der Waals surface area contributed by atoms with Gasteiger partial charge in [0, 0.05) is 12.8 Å². The Labute approximate surface area is 150 Å². The molecule has 7 N–H and O–H groups in total. The molecular formula is C16H26N6O4. The van der Waals surface area contributed by atoms with Crippen molar-refractivity contribution in [2.24, 2.45) is 5.73 Å². The lowest BCUT2D eigenvalue weighted by molar-refractivity contribution is -0.0440. The Morgan fingerprint density at radius 1 is 1.27 bits per heavy atom. The maximum atomic E-state index is 12.2. The molecule has 1 aliphatic heterocycles. The molecule has 1 saturated heterocycles. The average molecular weight is 366 g/mol. The highest BCUT2D eigenvalue weighted by atomic mass is 16.5. The highest BCUT2D eigenvalue weighted by molar-refractivity contribution is 5.71. The van der Waals surface area contributed by atoms with Gasteiger partial charge in [0.2, 0.25) is 5.95 Å². The number of ether oxygens (including phenoxy) is 1. The number of nitrogens with one attached hydrogen (secondary N) is 1. The quantitative estimate of drug-likeness (QED) is 0.386. The summed E-state index contributed by atoms with van der Waals surface area (Å²) in [6, 6.07) is 0. The molecule has 10 heteroatoms. The fraction of sp³-hybridized carbons (Fsp3) is 0.688. The minimum absolute atomic E-state index is 0.00426. The number of aliphatic hydroxyl groups excluding tert-OH is 2. The van der Waals surface area contributed by atoms with E-state index in [4.69, 9.17) is 16.2 Å². The lowest BCUT2D eigenvalue weighted by Crippen LogP contribution is -2.24. The maximum absolute atomic E-state index is 12.2. The number of hydrogen-bond acceptors (Lipinski definition) is 8. The number of aliphatic hydroxyl groups is 2. The van der Waals surface area contributed by atoms with E-state index in [1.54, 1.807) is 4.57 Å². The molecule has 3 heterocycles. The van der Waals surface area contributed by atoms with Gasteiger partial charge in [0.25, 0.3) is 5.56 Å². The van der Waals surface area contributed by atoms with Crippen LogP contribution in [0.1, 0.15) is 44.2 Å². The number of aromatic amines is 1. The summed E-state index contributed by atoms with van der Waals surface area (Å²) in [5.41, 5.74) is 11.3. The summed E-state index contributed by atoms with van der Waals surface area (Å²) >= 11 is 0. The van der Waals surface area contributed by atoms with E-state index in [-0.39, 0.29) is 24.5 Å². The van der Waals surface area contributed by atoms with Crippen molar-refractivity contribution in [1.82, 2.24) is 19.5 Å². The lowest BCUT2D eigenvalue weighted by atomic mass is 10.1. The molecule has 10 nitrogen and oxygen atoms in total. The number of aromatic nitrogens is 4. The third-order valence-electron chi connectivity index (χ3n) is 4.67. The predicted octanol–water partition coefficient (Wildman–Crippen LogP) is -0.596. The van der Waals surface area contributed by atoms with Gasteiger partial charge >= 0.3 is 0 Å². The SMILES string of the molecule is NCCCCCCc1nc2c(=O)[nH]c(N)nc2n1[C@H]1C[C@H](O)[C@@H](CO)O1. The Kier molecular flexibility index (Phi) is 5.87. The summed E-state index contributed by atoms with van der Waals surface area (Å²) in [6.45, 7) is 0.391. The summed E-state index contributed by atoms with van der Waals surface area (Å²) in [5.74, 6) is 0.655. The summed E-state index contributed by atoms with van der Waals surface area (Å²) in [7, 11) is 0. The smallest absolute Gasteiger partial charge is 0.280 e. The minimum Gasteiger partial charge on any atom is -0.394 e. The molecule has 0 bridgehead atoms. The van der Waals surface area contributed by atoms with Crippen LogP contribution in [0.25, 0.3) is 11.2 Å². The normalized spacial score (nSPS) is 23.1. The highest BCUT2D eigenvalue weighted by Crippen LogP contribution is 2.32. The second-order valence-electron chi connectivity index (χ2n) is 6.59. The van der Waals surface area contributed by atoms with E-state index in [1.165, 1.54) is 0 Å². The minimum atomic E-state index is -0.792. The molecule has 0 amide bonds. The van der Waals surface area contributed by atoms with Crippen LogP contribution in [0.15, 0.2) is 4.79 Å². The molecule has 0 aromatic carbocycles. The number of aryl methyl sites for hydroxylation is 1. The summed E-state index contributed by atoms with van der Waals surface area (Å²) in [5, 5.41) is 19.4. The lowest BCUT2D eigenvalue weighted by Gasteiger charge is -2.16. The number of rotatable bonds is 8. The van der Waals surface area contributed by atoms with Crippen LogP contribution >= 0.6 is 0 Å². The van der Waals surface area contributed by atoms with Gasteiger partial charge in [-0.3, -0.25) is 14.3 Å². The van der Waals surface area contributed by atoms with Crippen molar-refractivity contribution in [2.75, 3.05) is 18.9 Å². The van der Waals surface area contributed by atoms with Gasteiger partial charge in [0.05, 0.1) is 12.7 Å². The number of nitrogens with zero attached hydrogens (tertiary/aromatic N) is 3. The van der Waals surface area contributed by atoms with Crippen LogP contribution in [-0.4, -0.2) is 55.1 Å². The van der Waals surface area contributed by atoms with Crippen molar-refractivity contribution in [3.05, 3.63) is 16.2 Å². The van der Waals surface area contributed by atoms with Gasteiger partial charge in [-0.25, -0.2) is 4.98 Å². The van der Waals surface area contributed by atoms with Crippen molar-refractivity contribution in [3.63, 3.8) is 0 Å². The number of anilines is 1. The third kappa shape index (κ3) is 3.73. The first kappa shape index (κ1) is 18.8. The summed E-state index contributed by atoms with van der Waals surface area (Å²) < 4.78 is 7.48. The van der Waals surface area contributed by atoms with E-state index < -0.39 is 24.0 Å². The average Bonchev–Trinajstić information content (AvgIpc) is 3.14. The molecule has 2 aromatic heterocycles. The molecule has 0 spiro atoms. The van der Waals surface area contributed by atoms with E-state index in [9.17, 15) is 15.0 Å². The highest BCUT2D eigenvalue weighted by Gasteiger charge is 2.36. The van der Waals surface area contributed by atoms with Crippen LogP contribution in [0.3, 0.4) is 0 Å². The fourth-order valence-corrected chi connectivity index (χ4v) is 3.34. The van der Waals surface area contributed by atoms with Gasteiger partial charge in [0.15, 0.2) is 11.2 Å². The summed E-state index contributed by atoms with van der Waals surface area (Å²) in [6.07, 6.45) is 2.80. The van der Waals surface area contributed by atoms with E-state index >= 15 is 0 Å². The van der Waals surface area contributed by atoms with Crippen LogP contribution in [0, 0.1) is 0 Å². The van der Waals surface area contributed by atoms with E-state index in [0.717, 1.165) is 25.7 Å². The topological polar surface area (TPSA) is 165 Å². The Morgan fingerprint density at radius 2 is 2.04 bits per heavy atom. The van der Waals surface area contributed by atoms with Crippen LogP contribution in [0.5, 0.6) is 0 Å². The van der Waals surface area contributed by atoms with E-state index in [0.29, 0.717) is 24.4 Å². The molecule has 144 valence electrons. The Hall–Kier alpha value is -2.01. The zero-order chi connectivity index (χ0) is 18.7. The zero-order valence-electron chi connectivity index (χ0n) is 14.6. The monoisotopic (exact) mass is 366 g/mol. The fourth-order valence-electron chi connectivity index (χ4n) is 3.34. The first-order chi connectivity index (χ1) is 12.5. The molecule has 3 rings (SSSR count). The Balaban J connectivity index is 1.92. The van der Waals surface area contributed by atoms with Crippen molar-refractivity contribution in [2.45, 2.75) is 57.0 Å². The molecule has 0 unspecified atom stereocenters. The van der Waals surface area contributed by atoms with Crippen LogP contribution in [0.4, 0.5) is 5.95 Å². The van der Waals surface area contributed by atoms with Crippen LogP contribution < -0.4 is 17.0 Å².